The highest BCUT2D eigenvalue weighted by atomic mass is 80.0. The molecule has 12 aromatic rings. The van der Waals surface area contributed by atoms with Gasteiger partial charge < -0.3 is 25.5 Å². The number of nitro benzene ring substituents is 6. The summed E-state index contributed by atoms with van der Waals surface area (Å²) >= 11 is 47.9. The molecule has 0 radical (unpaired) electrons. The first kappa shape index (κ1) is 148. The van der Waals surface area contributed by atoms with E-state index < -0.39 is 41.9 Å². The number of aryl methyl sites for hydroxylation is 14. The number of hydrogen-bond donors (Lipinski definition) is 5. The van der Waals surface area contributed by atoms with Crippen molar-refractivity contribution in [1.82, 2.24) is 0 Å². The van der Waals surface area contributed by atoms with Crippen LogP contribution in [-0.2, 0) is 42.4 Å². The average molecular weight is 3100 g/mol. The summed E-state index contributed by atoms with van der Waals surface area (Å²) in [5.74, 6) is -1.26. The third kappa shape index (κ3) is 66.8. The number of rotatable bonds is 18. The number of aliphatic hydroxyl groups excluding tert-OH is 4. The Morgan fingerprint density at radius 2 is 0.588 bits per heavy atom. The maximum Gasteiger partial charge on any atom is 0.311 e. The lowest BCUT2D eigenvalue weighted by Crippen LogP contribution is -1.97. The highest BCUT2D eigenvalue weighted by molar-refractivity contribution is 9.94. The summed E-state index contributed by atoms with van der Waals surface area (Å²) in [6, 6.07) is 60.4. The Hall–Kier alpha value is -6.26. The van der Waals surface area contributed by atoms with Gasteiger partial charge in [-0.15, -0.1) is 0 Å². The molecule has 0 fully saturated rings. The Kier molecular flexibility index (Phi) is 85.1. The number of carbonyl (C=O) groups excluding carboxylic acids is 5. The molecule has 0 aliphatic rings. The molecule has 28 nitrogen and oxygen atoms in total. The Morgan fingerprint density at radius 1 is 0.270 bits per heavy atom. The molecule has 5 N–H and O–H groups in total. The quantitative estimate of drug-likeness (QED) is 0.0175. The van der Waals surface area contributed by atoms with Crippen LogP contribution in [0.5, 0.6) is 5.75 Å². The molecule has 0 amide bonds. The monoisotopic (exact) mass is 3080 g/mol. The SMILES string of the molecule is BrP(Br)Br.BrP(Br)Br.BrP(Br)Br.BrP(Br)Br.Cc1cc(C)cc(C=O)c1.Cc1cc(C)cc(CBr)c1.Cc1cc(C)cc(CO)c1.Cc1ccc(C=O)cc1[N+](=O)[O-].Cc1ccc(CO)cc1[N+](=O)[O-].Cc1cccc(C=O)c1F.Cc1cccc(CBr)c1F.Cc1cccc(CO)c1F.Cc1cccc([N+](=O)[O-])c1C=O.Cc1cccc([N+](=O)[O-])c1CBr.Cc1cccc([N+](=O)[O-])c1CO.O=Cc1ccc(O)c([N+](=O)[O-])c1. The van der Waals surface area contributed by atoms with Crippen molar-refractivity contribution in [2.45, 2.75) is 139 Å². The zero-order valence-electron chi connectivity index (χ0n) is 81.1. The first-order chi connectivity index (χ1) is 69.3. The van der Waals surface area contributed by atoms with Gasteiger partial charge in [-0.2, -0.15) is 0 Å². The lowest BCUT2D eigenvalue weighted by Gasteiger charge is -2.01. The minimum atomic E-state index is -0.748. The molecular formula is C98H102Br15F3N6O22P4. The Morgan fingerprint density at radius 3 is 0.905 bits per heavy atom. The molecule has 50 heteroatoms. The van der Waals surface area contributed by atoms with Crippen LogP contribution in [0, 0.1) is 175 Å². The van der Waals surface area contributed by atoms with Gasteiger partial charge in [-0.25, -0.2) is 13.2 Å². The number of phenols is 1. The zero-order chi connectivity index (χ0) is 114. The third-order valence-corrected chi connectivity index (χ3v) is 19.9. The zero-order valence-corrected chi connectivity index (χ0v) is 108. The molecule has 0 aromatic heterocycles. The van der Waals surface area contributed by atoms with Gasteiger partial charge in [-0.3, -0.25) is 84.7 Å². The first-order valence-electron chi connectivity index (χ1n) is 41.4. The van der Waals surface area contributed by atoms with Gasteiger partial charge in [0.25, 0.3) is 28.4 Å². The van der Waals surface area contributed by atoms with Crippen LogP contribution in [0.2, 0.25) is 0 Å². The number of phenolic OH excluding ortho intramolecular Hbond substituents is 1. The molecule has 0 spiro atoms. The van der Waals surface area contributed by atoms with E-state index in [0.717, 1.165) is 68.3 Å². The minimum absolute atomic E-state index is 0.0143. The Labute approximate surface area is 982 Å². The highest BCUT2D eigenvalue weighted by Gasteiger charge is 2.19. The number of aromatic hydroxyl groups is 1. The van der Waals surface area contributed by atoms with Crippen LogP contribution in [0.4, 0.5) is 47.3 Å². The largest absolute Gasteiger partial charge is 0.502 e. The molecule has 0 heterocycles. The van der Waals surface area contributed by atoms with Crippen LogP contribution in [0.3, 0.4) is 0 Å². The fraction of sp³-hybridized carbons (Fsp3) is 0.214. The highest BCUT2D eigenvalue weighted by Crippen LogP contribution is 2.60. The van der Waals surface area contributed by atoms with E-state index in [9.17, 15) is 97.8 Å². The van der Waals surface area contributed by atoms with Gasteiger partial charge in [0.15, 0.2) is 18.3 Å². The predicted molar refractivity (Wildman–Crippen MR) is 648 cm³/mol. The average Bonchev–Trinajstić information content (AvgIpc) is 0.847. The lowest BCUT2D eigenvalue weighted by atomic mass is 10.1. The number of aliphatic hydroxyl groups is 4. The number of hydrogen-bond acceptors (Lipinski definition) is 22. The van der Waals surface area contributed by atoms with Gasteiger partial charge in [0, 0.05) is 91.3 Å². The summed E-state index contributed by atoms with van der Waals surface area (Å²) in [5, 5.41) is 108. The summed E-state index contributed by atoms with van der Waals surface area (Å²) in [7, 11) is 0. The van der Waals surface area contributed by atoms with E-state index in [-0.39, 0.29) is 104 Å². The fourth-order valence-electron chi connectivity index (χ4n) is 11.5. The van der Waals surface area contributed by atoms with Crippen molar-refractivity contribution in [3.05, 3.63) is 441 Å². The molecule has 0 unspecified atom stereocenters. The van der Waals surface area contributed by atoms with Crippen LogP contribution in [0.15, 0.2) is 218 Å². The summed E-state index contributed by atoms with van der Waals surface area (Å²) in [5.41, 5.74) is 19.0. The van der Waals surface area contributed by atoms with Crippen molar-refractivity contribution in [3.8, 4) is 5.75 Å². The van der Waals surface area contributed by atoms with Crippen molar-refractivity contribution in [2.24, 2.45) is 0 Å². The van der Waals surface area contributed by atoms with Crippen molar-refractivity contribution in [3.63, 3.8) is 0 Å². The van der Waals surface area contributed by atoms with Crippen molar-refractivity contribution < 1.29 is 92.2 Å². The molecule has 12 rings (SSSR count). The Balaban J connectivity index is -0.000000754. The van der Waals surface area contributed by atoms with Crippen LogP contribution in [-0.4, -0.2) is 86.5 Å². The molecule has 12 aromatic carbocycles. The van der Waals surface area contributed by atoms with Crippen molar-refractivity contribution in [1.29, 1.82) is 0 Å². The van der Waals surface area contributed by atoms with Gasteiger partial charge in [-0.1, -0.05) is 233 Å². The van der Waals surface area contributed by atoms with E-state index in [4.69, 9.17) is 25.5 Å². The molecule has 802 valence electrons. The first-order valence-corrected chi connectivity index (χ1v) is 74.3. The van der Waals surface area contributed by atoms with Gasteiger partial charge in [0.05, 0.1) is 72.7 Å². The summed E-state index contributed by atoms with van der Waals surface area (Å²) < 4.78 is 37.9. The van der Waals surface area contributed by atoms with Gasteiger partial charge in [0.2, 0.25) is 0 Å². The van der Waals surface area contributed by atoms with Crippen LogP contribution >= 0.6 is 250 Å². The second kappa shape index (κ2) is 85.1. The summed E-state index contributed by atoms with van der Waals surface area (Å²) in [6.45, 7) is 25.4. The topological polar surface area (TPSA) is 445 Å². The number of halogens is 18. The van der Waals surface area contributed by atoms with E-state index in [1.165, 1.54) is 70.3 Å². The smallest absolute Gasteiger partial charge is 0.311 e. The maximum absolute atomic E-state index is 13.0. The van der Waals surface area contributed by atoms with E-state index >= 15 is 0 Å². The molecule has 0 atom stereocenters. The predicted octanol–water partition coefficient (Wildman–Crippen LogP) is 37.4. The van der Waals surface area contributed by atoms with Crippen LogP contribution in [0.25, 0.3) is 0 Å². The standard InChI is InChI=1S/C9H11Br.C9H12O.C9H10O.C8H8BrF.C8H8BrNO2.C8H9FO.C8H7FO.C8H9NO3.C8H7NO3.C8H9NO3.C8H7NO3.C7H5NO4.4Br3P/c3*1-7-3-8(2)5-9(4-7)6-10;1-6-3-2-4-7(5-9)8(6)10;1-6-3-2-4-8(10(11)12)7(6)5-9;2*1-6-3-2-4-7(5-10)8(6)9;2*1-6-2-3-7(5-10)4-8(6)9(11)12;2*1-6-3-2-4-8(9(11)12)7(6)5-10;9-4-5-1-2-7(10)6(3-5)8(11)12;4*1-4(2)3/h3-5H,6H2,1-2H3;3-5,10H,6H2,1-2H3;3-6H,1-2H3;2-4H,5H2,1H3;2-4H,5H2,1H3;2-4,10H,5H2,1H3;2-5H,1H3;2-4,10H,5H2,1H3;2-5H,1H3;2-4,10H,5H2,1H3;2-5H,1H3;1-4,10H;;;;. The molecule has 0 saturated heterocycles. The third-order valence-electron chi connectivity index (χ3n) is 18.1. The van der Waals surface area contributed by atoms with Gasteiger partial charge in [-0.05, 0) is 369 Å². The van der Waals surface area contributed by atoms with Gasteiger partial charge >= 0.3 is 5.69 Å². The number of aldehydes is 5. The molecule has 0 saturated carbocycles. The normalized spacial score (nSPS) is 9.59. The molecule has 148 heavy (non-hydrogen) atoms. The van der Waals surface area contributed by atoms with E-state index in [1.54, 1.807) is 146 Å². The number of nitro groups is 6. The van der Waals surface area contributed by atoms with E-state index in [2.05, 4.69) is 272 Å². The van der Waals surface area contributed by atoms with Crippen LogP contribution in [0.1, 0.15) is 169 Å². The number of carbonyl (C=O) groups is 5. The van der Waals surface area contributed by atoms with Crippen molar-refractivity contribution in [2.75, 3.05) is 0 Å². The molecule has 0 aliphatic heterocycles. The van der Waals surface area contributed by atoms with Gasteiger partial charge in [0.1, 0.15) is 52.4 Å². The van der Waals surface area contributed by atoms with E-state index in [1.807, 2.05) is 77.1 Å². The van der Waals surface area contributed by atoms with Crippen molar-refractivity contribution >= 4 is 315 Å². The minimum Gasteiger partial charge on any atom is -0.502 e. The van der Waals surface area contributed by atoms with E-state index in [0.29, 0.717) is 91.4 Å². The van der Waals surface area contributed by atoms with Crippen LogP contribution < -0.4 is 0 Å². The molecule has 0 bridgehead atoms. The lowest BCUT2D eigenvalue weighted by molar-refractivity contribution is -0.386. The fourth-order valence-corrected chi connectivity index (χ4v) is 13.0. The summed E-state index contributed by atoms with van der Waals surface area (Å²) in [6.07, 6.45) is 2.97. The molecular weight excluding hydrogens is 2990 g/mol. The number of nitrogens with zero attached hydrogens (tertiary/aromatic N) is 6. The number of alkyl halides is 3. The second-order valence-corrected chi connectivity index (χ2v) is 92.5. The number of benzene rings is 12. The maximum atomic E-state index is 13.0. The second-order valence-electron chi connectivity index (χ2n) is 29.5. The molecule has 0 aliphatic carbocycles. The Bertz CT molecular complexity index is 5900. The summed E-state index contributed by atoms with van der Waals surface area (Å²) in [4.78, 5) is 111.